The fourth-order valence-corrected chi connectivity index (χ4v) is 5.70. The highest BCUT2D eigenvalue weighted by Gasteiger charge is 2.31. The monoisotopic (exact) mass is 385 g/mol. The van der Waals surface area contributed by atoms with E-state index in [0.29, 0.717) is 6.04 Å². The van der Waals surface area contributed by atoms with E-state index in [4.69, 9.17) is 0 Å². The number of thiophene rings is 2. The molecule has 5 nitrogen and oxygen atoms in total. The zero-order valence-electron chi connectivity index (χ0n) is 13.8. The second kappa shape index (κ2) is 5.89. The predicted octanol–water partition coefficient (Wildman–Crippen LogP) is 5.11. The SMILES string of the molecule is Cc1sc2ncnc(Sc3nnc(-c4cccs4)n3C3CC3)c2c1C. The molecule has 8 heteroatoms. The third-order valence-electron chi connectivity index (χ3n) is 4.44. The van der Waals surface area contributed by atoms with Crippen LogP contribution < -0.4 is 0 Å². The zero-order valence-corrected chi connectivity index (χ0v) is 16.2. The Balaban J connectivity index is 1.62. The molecule has 0 aliphatic heterocycles. The van der Waals surface area contributed by atoms with E-state index in [2.05, 4.69) is 56.1 Å². The van der Waals surface area contributed by atoms with Crippen molar-refractivity contribution in [3.8, 4) is 10.7 Å². The van der Waals surface area contributed by atoms with Crippen molar-refractivity contribution in [2.45, 2.75) is 42.9 Å². The van der Waals surface area contributed by atoms with Crippen molar-refractivity contribution in [3.63, 3.8) is 0 Å². The topological polar surface area (TPSA) is 56.5 Å². The van der Waals surface area contributed by atoms with Crippen LogP contribution in [0.15, 0.2) is 34.0 Å². The van der Waals surface area contributed by atoms with E-state index in [9.17, 15) is 0 Å². The van der Waals surface area contributed by atoms with Gasteiger partial charge < -0.3 is 0 Å². The Hall–Kier alpha value is -1.77. The third kappa shape index (κ3) is 2.59. The molecule has 4 aromatic heterocycles. The lowest BCUT2D eigenvalue weighted by atomic mass is 10.2. The van der Waals surface area contributed by atoms with Crippen molar-refractivity contribution in [2.24, 2.45) is 0 Å². The van der Waals surface area contributed by atoms with Crippen LogP contribution in [0.25, 0.3) is 20.9 Å². The summed E-state index contributed by atoms with van der Waals surface area (Å²) in [6.07, 6.45) is 4.04. The van der Waals surface area contributed by atoms with E-state index in [1.54, 1.807) is 40.8 Å². The highest BCUT2D eigenvalue weighted by atomic mass is 32.2. The molecular weight excluding hydrogens is 370 g/mol. The number of nitrogens with zero attached hydrogens (tertiary/aromatic N) is 5. The molecule has 5 rings (SSSR count). The third-order valence-corrected chi connectivity index (χ3v) is 7.38. The van der Waals surface area contributed by atoms with Gasteiger partial charge in [0.05, 0.1) is 4.88 Å². The summed E-state index contributed by atoms with van der Waals surface area (Å²) in [5, 5.41) is 14.1. The number of fused-ring (bicyclic) bond motifs is 1. The number of aryl methyl sites for hydroxylation is 2. The smallest absolute Gasteiger partial charge is 0.198 e. The minimum Gasteiger partial charge on any atom is -0.298 e. The van der Waals surface area contributed by atoms with Gasteiger partial charge >= 0.3 is 0 Å². The summed E-state index contributed by atoms with van der Waals surface area (Å²) < 4.78 is 2.29. The Labute approximate surface area is 157 Å². The van der Waals surface area contributed by atoms with Gasteiger partial charge in [-0.2, -0.15) is 0 Å². The average Bonchev–Trinajstić information content (AvgIpc) is 3.03. The predicted molar refractivity (Wildman–Crippen MR) is 103 cm³/mol. The van der Waals surface area contributed by atoms with Gasteiger partial charge in [-0.25, -0.2) is 9.97 Å². The molecule has 0 N–H and O–H groups in total. The second-order valence-electron chi connectivity index (χ2n) is 6.13. The van der Waals surface area contributed by atoms with Crippen LogP contribution in [0.2, 0.25) is 0 Å². The molecule has 4 aromatic rings. The quantitative estimate of drug-likeness (QED) is 0.457. The molecule has 0 radical (unpaired) electrons. The Bertz CT molecular complexity index is 1060. The molecule has 1 saturated carbocycles. The first-order valence-corrected chi connectivity index (χ1v) is 10.6. The Morgan fingerprint density at radius 2 is 2.08 bits per heavy atom. The van der Waals surface area contributed by atoms with Gasteiger partial charge in [0.2, 0.25) is 0 Å². The van der Waals surface area contributed by atoms with Crippen LogP contribution in [0.5, 0.6) is 0 Å². The van der Waals surface area contributed by atoms with E-state index < -0.39 is 0 Å². The van der Waals surface area contributed by atoms with E-state index in [1.165, 1.54) is 28.2 Å². The first-order valence-electron chi connectivity index (χ1n) is 8.09. The maximum atomic E-state index is 4.55. The van der Waals surface area contributed by atoms with Crippen LogP contribution in [0.1, 0.15) is 29.3 Å². The summed E-state index contributed by atoms with van der Waals surface area (Å²) in [5.41, 5.74) is 1.26. The lowest BCUT2D eigenvalue weighted by Gasteiger charge is -2.08. The van der Waals surface area contributed by atoms with Gasteiger partial charge in [-0.1, -0.05) is 6.07 Å². The molecule has 1 fully saturated rings. The first kappa shape index (κ1) is 15.5. The Morgan fingerprint density at radius 1 is 1.20 bits per heavy atom. The van der Waals surface area contributed by atoms with Gasteiger partial charge in [0.1, 0.15) is 16.2 Å². The normalized spacial score (nSPS) is 14.5. The summed E-state index contributed by atoms with van der Waals surface area (Å²) in [6, 6.07) is 4.68. The molecule has 0 bridgehead atoms. The molecule has 4 heterocycles. The summed E-state index contributed by atoms with van der Waals surface area (Å²) >= 11 is 5.04. The molecule has 0 aromatic carbocycles. The van der Waals surface area contributed by atoms with Gasteiger partial charge in [0.25, 0.3) is 0 Å². The minimum atomic E-state index is 0.511. The lowest BCUT2D eigenvalue weighted by Crippen LogP contribution is -1.99. The van der Waals surface area contributed by atoms with Crippen molar-refractivity contribution in [1.29, 1.82) is 0 Å². The lowest BCUT2D eigenvalue weighted by molar-refractivity contribution is 0.669. The van der Waals surface area contributed by atoms with Crippen LogP contribution in [0.4, 0.5) is 0 Å². The summed E-state index contributed by atoms with van der Waals surface area (Å²) in [6.45, 7) is 4.28. The Kier molecular flexibility index (Phi) is 3.65. The molecule has 25 heavy (non-hydrogen) atoms. The van der Waals surface area contributed by atoms with Gasteiger partial charge in [0.15, 0.2) is 11.0 Å². The van der Waals surface area contributed by atoms with E-state index >= 15 is 0 Å². The summed E-state index contributed by atoms with van der Waals surface area (Å²) in [7, 11) is 0. The van der Waals surface area contributed by atoms with Crippen molar-refractivity contribution in [3.05, 3.63) is 34.3 Å². The highest BCUT2D eigenvalue weighted by molar-refractivity contribution is 7.99. The molecular formula is C17H15N5S3. The molecule has 0 unspecified atom stereocenters. The molecule has 0 atom stereocenters. The van der Waals surface area contributed by atoms with Gasteiger partial charge in [0, 0.05) is 16.3 Å². The fourth-order valence-electron chi connectivity index (χ4n) is 2.90. The standard InChI is InChI=1S/C17H15N5S3/c1-9-10(2)24-15-13(9)16(19-8-18-15)25-17-21-20-14(12-4-3-7-23-12)22(17)11-5-6-11/h3-4,7-8,11H,5-6H2,1-2H3. The van der Waals surface area contributed by atoms with Crippen molar-refractivity contribution >= 4 is 44.7 Å². The highest BCUT2D eigenvalue weighted by Crippen LogP contribution is 2.44. The van der Waals surface area contributed by atoms with Crippen LogP contribution in [0, 0.1) is 13.8 Å². The number of hydrogen-bond acceptors (Lipinski definition) is 7. The molecule has 0 saturated heterocycles. The maximum absolute atomic E-state index is 4.55. The zero-order chi connectivity index (χ0) is 17.0. The van der Waals surface area contributed by atoms with E-state index in [0.717, 1.165) is 26.2 Å². The summed E-state index contributed by atoms with van der Waals surface area (Å²) in [5.74, 6) is 0.975. The molecule has 0 spiro atoms. The number of rotatable bonds is 4. The molecule has 1 aliphatic rings. The second-order valence-corrected chi connectivity index (χ2v) is 9.24. The maximum Gasteiger partial charge on any atom is 0.198 e. The van der Waals surface area contributed by atoms with Crippen molar-refractivity contribution < 1.29 is 0 Å². The van der Waals surface area contributed by atoms with E-state index in [1.807, 2.05) is 0 Å². The van der Waals surface area contributed by atoms with Gasteiger partial charge in [-0.05, 0) is 55.5 Å². The minimum absolute atomic E-state index is 0.511. The fraction of sp³-hybridized carbons (Fsp3) is 0.294. The van der Waals surface area contributed by atoms with Crippen LogP contribution in [-0.4, -0.2) is 24.7 Å². The van der Waals surface area contributed by atoms with E-state index in [-0.39, 0.29) is 0 Å². The van der Waals surface area contributed by atoms with Crippen LogP contribution in [0.3, 0.4) is 0 Å². The van der Waals surface area contributed by atoms with Crippen LogP contribution in [-0.2, 0) is 0 Å². The summed E-state index contributed by atoms with van der Waals surface area (Å²) in [4.78, 5) is 12.5. The molecule has 126 valence electrons. The van der Waals surface area contributed by atoms with Crippen molar-refractivity contribution in [2.75, 3.05) is 0 Å². The average molecular weight is 386 g/mol. The van der Waals surface area contributed by atoms with Gasteiger partial charge in [-0.3, -0.25) is 4.57 Å². The Morgan fingerprint density at radius 3 is 2.84 bits per heavy atom. The number of aromatic nitrogens is 5. The number of hydrogen-bond donors (Lipinski definition) is 0. The largest absolute Gasteiger partial charge is 0.298 e. The first-order chi connectivity index (χ1) is 12.2. The van der Waals surface area contributed by atoms with Gasteiger partial charge in [-0.15, -0.1) is 32.9 Å². The van der Waals surface area contributed by atoms with Crippen LogP contribution >= 0.6 is 34.4 Å². The molecule has 0 amide bonds. The molecule has 1 aliphatic carbocycles. The van der Waals surface area contributed by atoms with Crippen molar-refractivity contribution in [1.82, 2.24) is 24.7 Å².